The molecule has 0 heterocycles. The number of allylic oxidation sites excluding steroid dienone is 1. The summed E-state index contributed by atoms with van der Waals surface area (Å²) in [5.41, 5.74) is 20.4. The van der Waals surface area contributed by atoms with Crippen LogP contribution in [0, 0.1) is 0 Å². The van der Waals surface area contributed by atoms with Crippen LogP contribution in [0.3, 0.4) is 0 Å². The highest BCUT2D eigenvalue weighted by Gasteiger charge is 2.38. The normalized spacial score (nSPS) is 21.2. The Morgan fingerprint density at radius 2 is 1.75 bits per heavy atom. The third kappa shape index (κ3) is 1.30. The van der Waals surface area contributed by atoms with E-state index in [4.69, 9.17) is 11.5 Å². The molecule has 0 saturated carbocycles. The van der Waals surface area contributed by atoms with E-state index in [9.17, 15) is 0 Å². The van der Waals surface area contributed by atoms with Gasteiger partial charge < -0.3 is 11.5 Å². The van der Waals surface area contributed by atoms with E-state index in [-0.39, 0.29) is 0 Å². The van der Waals surface area contributed by atoms with Crippen LogP contribution in [0.4, 0.5) is 0 Å². The second-order valence-electron chi connectivity index (χ2n) is 6.05. The molecular weight excluding hydrogens is 244 g/mol. The van der Waals surface area contributed by atoms with Gasteiger partial charge >= 0.3 is 0 Å². The maximum absolute atomic E-state index is 6.42. The molecule has 0 saturated heterocycles. The molecule has 2 aromatic carbocycles. The van der Waals surface area contributed by atoms with Crippen LogP contribution in [-0.4, -0.2) is 0 Å². The van der Waals surface area contributed by atoms with Gasteiger partial charge in [0.1, 0.15) is 5.66 Å². The standard InChI is InChI=1S/C18H18N2/c1-10-7-12-8-17-15(9-14(12)11(10)2)13-5-3-4-6-16(13)18(17,19)20/h3-9,11H,19-20H2,1-2H3. The number of hydrogen-bond acceptors (Lipinski definition) is 2. The largest absolute Gasteiger partial charge is 0.306 e. The average molecular weight is 262 g/mol. The predicted molar refractivity (Wildman–Crippen MR) is 83.1 cm³/mol. The summed E-state index contributed by atoms with van der Waals surface area (Å²) in [6.07, 6.45) is 2.25. The highest BCUT2D eigenvalue weighted by Crippen LogP contribution is 2.47. The summed E-state index contributed by atoms with van der Waals surface area (Å²) in [7, 11) is 0. The first kappa shape index (κ1) is 11.9. The summed E-state index contributed by atoms with van der Waals surface area (Å²) in [6.45, 7) is 4.44. The van der Waals surface area contributed by atoms with Gasteiger partial charge in [0.25, 0.3) is 0 Å². The van der Waals surface area contributed by atoms with E-state index in [2.05, 4.69) is 38.1 Å². The van der Waals surface area contributed by atoms with Crippen LogP contribution in [0.25, 0.3) is 17.2 Å². The summed E-state index contributed by atoms with van der Waals surface area (Å²) in [4.78, 5) is 0. The van der Waals surface area contributed by atoms with Crippen molar-refractivity contribution in [3.8, 4) is 11.1 Å². The Hall–Kier alpha value is -1.90. The first-order chi connectivity index (χ1) is 9.50. The summed E-state index contributed by atoms with van der Waals surface area (Å²) in [6, 6.07) is 12.6. The van der Waals surface area contributed by atoms with E-state index < -0.39 is 5.66 Å². The van der Waals surface area contributed by atoms with Crippen molar-refractivity contribution in [3.63, 3.8) is 0 Å². The SMILES string of the molecule is CC1=Cc2cc3c(cc2C1C)-c1ccccc1C3(N)N. The molecular formula is C18H18N2. The van der Waals surface area contributed by atoms with Gasteiger partial charge in [-0.2, -0.15) is 0 Å². The van der Waals surface area contributed by atoms with Crippen LogP contribution in [0.5, 0.6) is 0 Å². The zero-order chi connectivity index (χ0) is 14.1. The summed E-state index contributed by atoms with van der Waals surface area (Å²) >= 11 is 0. The smallest absolute Gasteiger partial charge is 0.118 e. The van der Waals surface area contributed by atoms with Gasteiger partial charge in [-0.1, -0.05) is 42.8 Å². The lowest BCUT2D eigenvalue weighted by atomic mass is 9.92. The molecule has 0 aliphatic heterocycles. The van der Waals surface area contributed by atoms with Crippen molar-refractivity contribution < 1.29 is 0 Å². The molecule has 2 aliphatic carbocycles. The van der Waals surface area contributed by atoms with E-state index in [1.54, 1.807) is 0 Å². The Labute approximate surface area is 119 Å². The van der Waals surface area contributed by atoms with Crippen LogP contribution in [0.2, 0.25) is 0 Å². The number of benzene rings is 2. The van der Waals surface area contributed by atoms with E-state index in [0.717, 1.165) is 11.1 Å². The maximum Gasteiger partial charge on any atom is 0.118 e. The van der Waals surface area contributed by atoms with Crippen molar-refractivity contribution in [2.45, 2.75) is 25.4 Å². The first-order valence-electron chi connectivity index (χ1n) is 7.04. The van der Waals surface area contributed by atoms with E-state index in [1.165, 1.54) is 27.8 Å². The Balaban J connectivity index is 2.04. The Bertz CT molecular complexity index is 769. The molecule has 0 bridgehead atoms. The molecule has 2 nitrogen and oxygen atoms in total. The van der Waals surface area contributed by atoms with Gasteiger partial charge in [-0.15, -0.1) is 0 Å². The molecule has 1 atom stereocenters. The highest BCUT2D eigenvalue weighted by molar-refractivity contribution is 5.84. The van der Waals surface area contributed by atoms with Crippen molar-refractivity contribution in [1.29, 1.82) is 0 Å². The quantitative estimate of drug-likeness (QED) is 0.716. The molecule has 0 spiro atoms. The number of rotatable bonds is 0. The fourth-order valence-corrected chi connectivity index (χ4v) is 3.54. The van der Waals surface area contributed by atoms with Crippen LogP contribution < -0.4 is 11.5 Å². The monoisotopic (exact) mass is 262 g/mol. The summed E-state index contributed by atoms with van der Waals surface area (Å²) < 4.78 is 0. The zero-order valence-electron chi connectivity index (χ0n) is 11.8. The molecule has 1 unspecified atom stereocenters. The third-order valence-electron chi connectivity index (χ3n) is 4.86. The van der Waals surface area contributed by atoms with Gasteiger partial charge in [-0.05, 0) is 52.4 Å². The molecule has 0 radical (unpaired) electrons. The molecule has 4 N–H and O–H groups in total. The van der Waals surface area contributed by atoms with Gasteiger partial charge in [0, 0.05) is 5.92 Å². The Morgan fingerprint density at radius 1 is 1.00 bits per heavy atom. The molecule has 2 aliphatic rings. The van der Waals surface area contributed by atoms with Crippen LogP contribution in [0.15, 0.2) is 42.0 Å². The van der Waals surface area contributed by atoms with E-state index in [1.807, 2.05) is 18.2 Å². The minimum absolute atomic E-state index is 0.480. The van der Waals surface area contributed by atoms with E-state index in [0.29, 0.717) is 5.92 Å². The number of hydrogen-bond donors (Lipinski definition) is 2. The van der Waals surface area contributed by atoms with Gasteiger partial charge in [0.2, 0.25) is 0 Å². The Kier molecular flexibility index (Phi) is 2.14. The molecule has 2 heteroatoms. The van der Waals surface area contributed by atoms with E-state index >= 15 is 0 Å². The highest BCUT2D eigenvalue weighted by atomic mass is 15.0. The van der Waals surface area contributed by atoms with Crippen molar-refractivity contribution in [3.05, 3.63) is 64.2 Å². The fraction of sp³-hybridized carbons (Fsp3) is 0.222. The molecule has 0 fully saturated rings. The Morgan fingerprint density at radius 3 is 2.55 bits per heavy atom. The maximum atomic E-state index is 6.42. The van der Waals surface area contributed by atoms with Crippen LogP contribution in [0.1, 0.15) is 42.0 Å². The molecule has 100 valence electrons. The lowest BCUT2D eigenvalue weighted by Crippen LogP contribution is -2.45. The first-order valence-corrected chi connectivity index (χ1v) is 7.04. The van der Waals surface area contributed by atoms with Crippen molar-refractivity contribution in [2.24, 2.45) is 11.5 Å². The lowest BCUT2D eigenvalue weighted by molar-refractivity contribution is 0.584. The topological polar surface area (TPSA) is 52.0 Å². The van der Waals surface area contributed by atoms with Gasteiger partial charge in [0.05, 0.1) is 0 Å². The second-order valence-corrected chi connectivity index (χ2v) is 6.05. The molecule has 2 aromatic rings. The number of nitrogens with two attached hydrogens (primary N) is 2. The van der Waals surface area contributed by atoms with Crippen molar-refractivity contribution in [1.82, 2.24) is 0 Å². The predicted octanol–water partition coefficient (Wildman–Crippen LogP) is 3.31. The van der Waals surface area contributed by atoms with Crippen molar-refractivity contribution >= 4 is 6.08 Å². The minimum atomic E-state index is -0.880. The fourth-order valence-electron chi connectivity index (χ4n) is 3.54. The summed E-state index contributed by atoms with van der Waals surface area (Å²) in [5, 5.41) is 0. The molecule has 20 heavy (non-hydrogen) atoms. The zero-order valence-corrected chi connectivity index (χ0v) is 11.8. The lowest BCUT2D eigenvalue weighted by Gasteiger charge is -2.22. The van der Waals surface area contributed by atoms with Gasteiger partial charge in [0.15, 0.2) is 0 Å². The van der Waals surface area contributed by atoms with Crippen LogP contribution in [-0.2, 0) is 5.66 Å². The minimum Gasteiger partial charge on any atom is -0.306 e. The second kappa shape index (κ2) is 3.60. The van der Waals surface area contributed by atoms with Crippen molar-refractivity contribution in [2.75, 3.05) is 0 Å². The van der Waals surface area contributed by atoms with Gasteiger partial charge in [-0.25, -0.2) is 0 Å². The molecule has 0 aromatic heterocycles. The summed E-state index contributed by atoms with van der Waals surface area (Å²) in [5.74, 6) is 0.480. The number of fused-ring (bicyclic) bond motifs is 4. The van der Waals surface area contributed by atoms with Crippen LogP contribution >= 0.6 is 0 Å². The van der Waals surface area contributed by atoms with Gasteiger partial charge in [-0.3, -0.25) is 0 Å². The molecule has 0 amide bonds. The average Bonchev–Trinajstić information content (AvgIpc) is 2.83. The molecule has 4 rings (SSSR count). The third-order valence-corrected chi connectivity index (χ3v) is 4.86.